The molecule has 2 aromatic carbocycles. The molecule has 0 atom stereocenters. The monoisotopic (exact) mass is 505 g/mol. The number of carboxylic acids is 1. The molecular weight excluding hydrogens is 466 g/mol. The van der Waals surface area contributed by atoms with Crippen molar-refractivity contribution in [1.82, 2.24) is 4.90 Å². The number of carboxylic acid groups (broad SMARTS) is 1. The summed E-state index contributed by atoms with van der Waals surface area (Å²) in [5.41, 5.74) is 4.92. The van der Waals surface area contributed by atoms with Gasteiger partial charge in [0, 0.05) is 36.3 Å². The number of hydrogen-bond donors (Lipinski definition) is 2. The number of ether oxygens (including phenoxy) is 1. The quantitative estimate of drug-likeness (QED) is 0.492. The lowest BCUT2D eigenvalue weighted by Gasteiger charge is -2.29. The number of ketones is 1. The normalized spacial score (nSPS) is 15.8. The van der Waals surface area contributed by atoms with Gasteiger partial charge in [-0.2, -0.15) is 0 Å². The molecule has 0 aliphatic carbocycles. The van der Waals surface area contributed by atoms with Gasteiger partial charge < -0.3 is 19.6 Å². The highest BCUT2D eigenvalue weighted by atomic mass is 16.5. The Hall–Kier alpha value is -3.35. The second-order valence-electron chi connectivity index (χ2n) is 12.2. The van der Waals surface area contributed by atoms with Gasteiger partial charge in [0.15, 0.2) is 12.4 Å². The minimum Gasteiger partial charge on any atom is -0.479 e. The number of amidine groups is 1. The molecule has 0 saturated carbocycles. The van der Waals surface area contributed by atoms with Crippen LogP contribution in [0, 0.1) is 5.41 Å². The number of fused-ring (bicyclic) bond motifs is 1. The van der Waals surface area contributed by atoms with Crippen LogP contribution in [-0.4, -0.2) is 53.8 Å². The van der Waals surface area contributed by atoms with Crippen molar-refractivity contribution in [1.29, 1.82) is 5.41 Å². The molecule has 37 heavy (non-hydrogen) atoms. The number of rotatable bonds is 7. The van der Waals surface area contributed by atoms with Gasteiger partial charge in [-0.05, 0) is 53.0 Å². The Morgan fingerprint density at radius 3 is 2.27 bits per heavy atom. The molecule has 2 aliphatic rings. The summed E-state index contributed by atoms with van der Waals surface area (Å²) in [7, 11) is 0. The molecule has 1 fully saturated rings. The van der Waals surface area contributed by atoms with Crippen LogP contribution in [0.4, 0.5) is 5.69 Å². The van der Waals surface area contributed by atoms with Crippen LogP contribution < -0.4 is 9.64 Å². The molecule has 2 aromatic rings. The highest BCUT2D eigenvalue weighted by molar-refractivity contribution is 6.06. The van der Waals surface area contributed by atoms with Crippen molar-refractivity contribution in [3.8, 4) is 5.75 Å². The first-order chi connectivity index (χ1) is 17.3. The van der Waals surface area contributed by atoms with E-state index >= 15 is 0 Å². The van der Waals surface area contributed by atoms with Gasteiger partial charge in [0.05, 0.1) is 12.2 Å². The Morgan fingerprint density at radius 2 is 1.68 bits per heavy atom. The van der Waals surface area contributed by atoms with E-state index in [1.54, 1.807) is 0 Å². The van der Waals surface area contributed by atoms with Crippen molar-refractivity contribution in [3.05, 3.63) is 58.1 Å². The first kappa shape index (κ1) is 26.7. The molecular formula is C30H39N3O4. The van der Waals surface area contributed by atoms with Crippen molar-refractivity contribution in [2.45, 2.75) is 71.8 Å². The molecule has 7 nitrogen and oxygen atoms in total. The third-order valence-electron chi connectivity index (χ3n) is 7.23. The molecule has 2 heterocycles. The minimum absolute atomic E-state index is 0.0155. The molecule has 0 radical (unpaired) electrons. The summed E-state index contributed by atoms with van der Waals surface area (Å²) >= 11 is 0. The lowest BCUT2D eigenvalue weighted by atomic mass is 9.84. The number of nitrogens with zero attached hydrogens (tertiary/aromatic N) is 2. The molecule has 0 unspecified atom stereocenters. The number of carbonyl (C=O) groups is 2. The number of benzene rings is 2. The predicted octanol–water partition coefficient (Wildman–Crippen LogP) is 5.37. The number of anilines is 1. The largest absolute Gasteiger partial charge is 0.479 e. The third-order valence-corrected chi connectivity index (χ3v) is 7.23. The number of nitrogens with one attached hydrogen (secondary N) is 1. The van der Waals surface area contributed by atoms with E-state index in [4.69, 9.17) is 10.1 Å². The Morgan fingerprint density at radius 1 is 1.00 bits per heavy atom. The maximum Gasteiger partial charge on any atom is 0.341 e. The zero-order chi connectivity index (χ0) is 27.1. The third kappa shape index (κ3) is 5.65. The number of hydrogen-bond acceptors (Lipinski definition) is 5. The number of aliphatic carboxylic acids is 1. The van der Waals surface area contributed by atoms with Crippen molar-refractivity contribution in [2.24, 2.45) is 0 Å². The van der Waals surface area contributed by atoms with E-state index < -0.39 is 12.6 Å². The van der Waals surface area contributed by atoms with E-state index in [9.17, 15) is 14.7 Å². The van der Waals surface area contributed by atoms with E-state index in [1.165, 1.54) is 5.56 Å². The lowest BCUT2D eigenvalue weighted by Crippen LogP contribution is -2.31. The molecule has 4 rings (SSSR count). The Balaban J connectivity index is 1.66. The first-order valence-electron chi connectivity index (χ1n) is 13.0. The second-order valence-corrected chi connectivity index (χ2v) is 12.2. The average molecular weight is 506 g/mol. The minimum atomic E-state index is -1.03. The Bertz CT molecular complexity index is 1230. The van der Waals surface area contributed by atoms with E-state index in [1.807, 2.05) is 37.8 Å². The average Bonchev–Trinajstić information content (AvgIpc) is 3.44. The molecule has 2 N–H and O–H groups in total. The molecule has 198 valence electrons. The van der Waals surface area contributed by atoms with Crippen LogP contribution in [0.3, 0.4) is 0 Å². The SMILES string of the molecule is CC(C)(C)c1ccc2c(c1)C(=N)N(CC(=O)c1cc(N3CCCC3)c(OCC(=O)O)c(C(C)(C)C)c1)C2. The van der Waals surface area contributed by atoms with Crippen LogP contribution in [0.5, 0.6) is 5.75 Å². The summed E-state index contributed by atoms with van der Waals surface area (Å²) in [4.78, 5) is 29.0. The lowest BCUT2D eigenvalue weighted by molar-refractivity contribution is -0.139. The zero-order valence-corrected chi connectivity index (χ0v) is 22.9. The van der Waals surface area contributed by atoms with Gasteiger partial charge in [0.2, 0.25) is 0 Å². The van der Waals surface area contributed by atoms with Gasteiger partial charge >= 0.3 is 5.97 Å². The molecule has 0 amide bonds. The molecule has 7 heteroatoms. The van der Waals surface area contributed by atoms with Gasteiger partial charge in [-0.25, -0.2) is 4.79 Å². The molecule has 0 bridgehead atoms. The van der Waals surface area contributed by atoms with Crippen LogP contribution >= 0.6 is 0 Å². The van der Waals surface area contributed by atoms with Crippen molar-refractivity contribution < 1.29 is 19.4 Å². The maximum absolute atomic E-state index is 13.7. The fourth-order valence-electron chi connectivity index (χ4n) is 5.07. The predicted molar refractivity (Wildman–Crippen MR) is 146 cm³/mol. The van der Waals surface area contributed by atoms with E-state index in [0.717, 1.165) is 48.3 Å². The number of Topliss-reactive ketones (excluding diaryl/α,β-unsaturated/α-hetero) is 1. The van der Waals surface area contributed by atoms with Gasteiger partial charge in [0.1, 0.15) is 11.6 Å². The first-order valence-corrected chi connectivity index (χ1v) is 13.0. The van der Waals surface area contributed by atoms with Crippen LogP contribution in [0.2, 0.25) is 0 Å². The van der Waals surface area contributed by atoms with Gasteiger partial charge in [0.25, 0.3) is 0 Å². The zero-order valence-electron chi connectivity index (χ0n) is 22.9. The summed E-state index contributed by atoms with van der Waals surface area (Å²) in [5.74, 6) is -0.172. The number of carbonyl (C=O) groups excluding carboxylic acids is 1. The Labute approximate surface area is 219 Å². The summed E-state index contributed by atoms with van der Waals surface area (Å²) < 4.78 is 5.84. The molecule has 0 aromatic heterocycles. The van der Waals surface area contributed by atoms with Crippen LogP contribution in [0.25, 0.3) is 0 Å². The van der Waals surface area contributed by atoms with Crippen LogP contribution in [0.1, 0.15) is 87.0 Å². The maximum atomic E-state index is 13.7. The second kappa shape index (κ2) is 9.84. The highest BCUT2D eigenvalue weighted by Crippen LogP contribution is 2.41. The van der Waals surface area contributed by atoms with Gasteiger partial charge in [-0.3, -0.25) is 10.2 Å². The van der Waals surface area contributed by atoms with Crippen LogP contribution in [-0.2, 0) is 22.2 Å². The van der Waals surface area contributed by atoms with Crippen molar-refractivity contribution >= 4 is 23.3 Å². The van der Waals surface area contributed by atoms with E-state index in [0.29, 0.717) is 23.7 Å². The van der Waals surface area contributed by atoms with Gasteiger partial charge in [-0.1, -0.05) is 53.7 Å². The summed E-state index contributed by atoms with van der Waals surface area (Å²) in [5, 5.41) is 18.1. The topological polar surface area (TPSA) is 93.9 Å². The van der Waals surface area contributed by atoms with Gasteiger partial charge in [-0.15, -0.1) is 0 Å². The summed E-state index contributed by atoms with van der Waals surface area (Å²) in [6, 6.07) is 9.98. The van der Waals surface area contributed by atoms with Crippen LogP contribution in [0.15, 0.2) is 30.3 Å². The fourth-order valence-corrected chi connectivity index (χ4v) is 5.07. The van der Waals surface area contributed by atoms with E-state index in [-0.39, 0.29) is 23.2 Å². The smallest absolute Gasteiger partial charge is 0.341 e. The molecule has 2 aliphatic heterocycles. The highest BCUT2D eigenvalue weighted by Gasteiger charge is 2.31. The summed E-state index contributed by atoms with van der Waals surface area (Å²) in [6.07, 6.45) is 2.09. The molecule has 0 spiro atoms. The van der Waals surface area contributed by atoms with Crippen molar-refractivity contribution in [2.75, 3.05) is 31.1 Å². The molecule has 1 saturated heterocycles. The standard InChI is InChI=1S/C30H39N3O4/c1-29(2,3)21-10-9-19-16-33(28(31)22(19)15-21)17-25(34)20-13-23(30(4,5)6)27(37-18-26(35)36)24(14-20)32-11-7-8-12-32/h9-10,13-15,31H,7-8,11-12,16-18H2,1-6H3,(H,35,36). The fraction of sp³-hybridized carbons (Fsp3) is 0.500. The van der Waals surface area contributed by atoms with Crippen molar-refractivity contribution in [3.63, 3.8) is 0 Å². The summed E-state index contributed by atoms with van der Waals surface area (Å²) in [6.45, 7) is 14.5. The van der Waals surface area contributed by atoms with E-state index in [2.05, 4.69) is 43.9 Å². The Kier molecular flexibility index (Phi) is 7.10.